The van der Waals surface area contributed by atoms with E-state index in [9.17, 15) is 0 Å². The van der Waals surface area contributed by atoms with Crippen molar-refractivity contribution in [1.82, 2.24) is 29.6 Å². The fraction of sp³-hybridized carbons (Fsp3) is 0.143. The lowest BCUT2D eigenvalue weighted by Crippen LogP contribution is -1.92. The van der Waals surface area contributed by atoms with Crippen LogP contribution in [-0.4, -0.2) is 29.6 Å². The van der Waals surface area contributed by atoms with Gasteiger partial charge in [-0.1, -0.05) is 34.5 Å². The van der Waals surface area contributed by atoms with Crippen LogP contribution in [0.25, 0.3) is 26.9 Å². The molecule has 0 amide bonds. The predicted octanol–water partition coefficient (Wildman–Crippen LogP) is 3.87. The molecule has 0 atom stereocenters. The van der Waals surface area contributed by atoms with E-state index in [1.54, 1.807) is 27.4 Å². The van der Waals surface area contributed by atoms with Crippen molar-refractivity contribution in [3.63, 3.8) is 0 Å². The highest BCUT2D eigenvalue weighted by Crippen LogP contribution is 2.33. The van der Waals surface area contributed by atoms with Crippen molar-refractivity contribution < 1.29 is 0 Å². The Bertz CT molecular complexity index is 1030. The molecular weight excluding hydrogens is 355 g/mol. The summed E-state index contributed by atoms with van der Waals surface area (Å²) in [7, 11) is 1.88. The summed E-state index contributed by atoms with van der Waals surface area (Å²) < 4.78 is 3.45. The number of halogens is 2. The molecule has 0 aliphatic carbocycles. The fourth-order valence-electron chi connectivity index (χ4n) is 2.37. The maximum Gasteiger partial charge on any atom is 0.235 e. The number of aromatic nitrogens is 6. The molecule has 4 rings (SSSR count). The van der Waals surface area contributed by atoms with Crippen molar-refractivity contribution in [3.05, 3.63) is 40.1 Å². The Labute approximate surface area is 145 Å². The highest BCUT2D eigenvalue weighted by atomic mass is 35.5. The van der Waals surface area contributed by atoms with Gasteiger partial charge in [-0.05, 0) is 25.1 Å². The maximum absolute atomic E-state index is 6.26. The zero-order valence-corrected chi connectivity index (χ0v) is 14.5. The first-order valence-electron chi connectivity index (χ1n) is 6.71. The summed E-state index contributed by atoms with van der Waals surface area (Å²) in [4.78, 5) is 0.689. The number of benzene rings is 1. The van der Waals surface area contributed by atoms with Gasteiger partial charge in [-0.15, -0.1) is 10.2 Å². The summed E-state index contributed by atoms with van der Waals surface area (Å²) in [6.45, 7) is 1.95. The first-order valence-corrected chi connectivity index (χ1v) is 8.28. The van der Waals surface area contributed by atoms with Crippen molar-refractivity contribution in [2.24, 2.45) is 7.05 Å². The SMILES string of the molecule is Cc1nn(C)cc1-c1nn2c(-c3cc(Cl)ccc3Cl)nnc2s1. The van der Waals surface area contributed by atoms with Crippen molar-refractivity contribution in [2.45, 2.75) is 6.92 Å². The third-order valence-corrected chi connectivity index (χ3v) is 4.90. The van der Waals surface area contributed by atoms with E-state index in [4.69, 9.17) is 23.2 Å². The second kappa shape index (κ2) is 5.30. The number of fused-ring (bicyclic) bond motifs is 1. The molecule has 6 nitrogen and oxygen atoms in total. The Morgan fingerprint density at radius 1 is 1.09 bits per heavy atom. The number of hydrogen-bond acceptors (Lipinski definition) is 5. The van der Waals surface area contributed by atoms with Gasteiger partial charge in [0.2, 0.25) is 4.96 Å². The maximum atomic E-state index is 6.26. The Hall–Kier alpha value is -1.96. The highest BCUT2D eigenvalue weighted by molar-refractivity contribution is 7.19. The predicted molar refractivity (Wildman–Crippen MR) is 91.1 cm³/mol. The zero-order valence-electron chi connectivity index (χ0n) is 12.2. The molecule has 1 aromatic carbocycles. The minimum absolute atomic E-state index is 0.552. The molecule has 0 radical (unpaired) electrons. The largest absolute Gasteiger partial charge is 0.275 e. The van der Waals surface area contributed by atoms with E-state index < -0.39 is 0 Å². The number of aryl methyl sites for hydroxylation is 2. The van der Waals surface area contributed by atoms with Crippen LogP contribution >= 0.6 is 34.5 Å². The lowest BCUT2D eigenvalue weighted by molar-refractivity contribution is 0.756. The van der Waals surface area contributed by atoms with Crippen molar-refractivity contribution >= 4 is 39.5 Å². The molecule has 23 heavy (non-hydrogen) atoms. The van der Waals surface area contributed by atoms with Gasteiger partial charge >= 0.3 is 0 Å². The van der Waals surface area contributed by atoms with Crippen LogP contribution in [-0.2, 0) is 7.05 Å². The Morgan fingerprint density at radius 3 is 2.65 bits per heavy atom. The average molecular weight is 365 g/mol. The normalized spacial score (nSPS) is 11.5. The van der Waals surface area contributed by atoms with Gasteiger partial charge in [-0.25, -0.2) is 0 Å². The summed E-state index contributed by atoms with van der Waals surface area (Å²) in [6.07, 6.45) is 1.94. The second-order valence-corrected chi connectivity index (χ2v) is 6.85. The lowest BCUT2D eigenvalue weighted by atomic mass is 10.2. The number of rotatable bonds is 2. The van der Waals surface area contributed by atoms with Crippen LogP contribution < -0.4 is 0 Å². The van der Waals surface area contributed by atoms with E-state index in [0.29, 0.717) is 26.4 Å². The number of nitrogens with zero attached hydrogens (tertiary/aromatic N) is 6. The van der Waals surface area contributed by atoms with Crippen LogP contribution in [0.5, 0.6) is 0 Å². The van der Waals surface area contributed by atoms with Gasteiger partial charge in [0, 0.05) is 23.8 Å². The van der Waals surface area contributed by atoms with E-state index >= 15 is 0 Å². The van der Waals surface area contributed by atoms with Crippen LogP contribution in [0, 0.1) is 6.92 Å². The molecule has 3 aromatic heterocycles. The van der Waals surface area contributed by atoms with Gasteiger partial charge in [0.1, 0.15) is 0 Å². The van der Waals surface area contributed by atoms with Gasteiger partial charge in [-0.3, -0.25) is 4.68 Å². The molecule has 0 N–H and O–H groups in total. The van der Waals surface area contributed by atoms with E-state index in [1.165, 1.54) is 11.3 Å². The quantitative estimate of drug-likeness (QED) is 0.541. The zero-order chi connectivity index (χ0) is 16.1. The van der Waals surface area contributed by atoms with Crippen LogP contribution in [0.15, 0.2) is 24.4 Å². The lowest BCUT2D eigenvalue weighted by Gasteiger charge is -2.01. The summed E-state index contributed by atoms with van der Waals surface area (Å²) in [5, 5.41) is 19.3. The topological polar surface area (TPSA) is 60.9 Å². The summed E-state index contributed by atoms with van der Waals surface area (Å²) in [6, 6.07) is 5.23. The molecular formula is C14H10Cl2N6S. The molecule has 9 heteroatoms. The van der Waals surface area contributed by atoms with Gasteiger partial charge < -0.3 is 0 Å². The summed E-state index contributed by atoms with van der Waals surface area (Å²) in [5.41, 5.74) is 2.59. The molecule has 0 unspecified atom stereocenters. The molecule has 0 aliphatic heterocycles. The van der Waals surface area contributed by atoms with Gasteiger partial charge in [0.25, 0.3) is 0 Å². The molecule has 0 spiro atoms. The first kappa shape index (κ1) is 14.6. The van der Waals surface area contributed by atoms with Gasteiger partial charge in [0.15, 0.2) is 10.8 Å². The molecule has 0 fully saturated rings. The van der Waals surface area contributed by atoms with Gasteiger partial charge in [0.05, 0.1) is 16.3 Å². The van der Waals surface area contributed by atoms with Crippen LogP contribution in [0.3, 0.4) is 0 Å². The van der Waals surface area contributed by atoms with E-state index in [-0.39, 0.29) is 0 Å². The van der Waals surface area contributed by atoms with Crippen LogP contribution in [0.4, 0.5) is 0 Å². The second-order valence-electron chi connectivity index (χ2n) is 5.05. The third-order valence-electron chi connectivity index (χ3n) is 3.40. The fourth-order valence-corrected chi connectivity index (χ4v) is 3.65. The minimum atomic E-state index is 0.552. The minimum Gasteiger partial charge on any atom is -0.275 e. The van der Waals surface area contributed by atoms with Crippen LogP contribution in [0.2, 0.25) is 10.0 Å². The van der Waals surface area contributed by atoms with Gasteiger partial charge in [-0.2, -0.15) is 14.7 Å². The standard InChI is InChI=1S/C14H10Cl2N6S/c1-7-10(6-21(2)19-7)13-20-22-12(17-18-14(22)23-13)9-5-8(15)3-4-11(9)16/h3-6H,1-2H3. The van der Waals surface area contributed by atoms with Crippen molar-refractivity contribution in [3.8, 4) is 22.0 Å². The summed E-state index contributed by atoms with van der Waals surface area (Å²) in [5.74, 6) is 0.566. The molecule has 0 saturated carbocycles. The Kier molecular flexibility index (Phi) is 3.37. The van der Waals surface area contributed by atoms with E-state index in [0.717, 1.165) is 16.3 Å². The Morgan fingerprint density at radius 2 is 1.91 bits per heavy atom. The van der Waals surface area contributed by atoms with Crippen molar-refractivity contribution in [1.29, 1.82) is 0 Å². The van der Waals surface area contributed by atoms with E-state index in [1.807, 2.05) is 20.2 Å². The molecule has 0 bridgehead atoms. The van der Waals surface area contributed by atoms with Crippen LogP contribution in [0.1, 0.15) is 5.69 Å². The van der Waals surface area contributed by atoms with E-state index in [2.05, 4.69) is 20.4 Å². The third kappa shape index (κ3) is 2.41. The average Bonchev–Trinajstić information content (AvgIpc) is 3.15. The molecule has 0 saturated heterocycles. The van der Waals surface area contributed by atoms with Crippen molar-refractivity contribution in [2.75, 3.05) is 0 Å². The molecule has 4 aromatic rings. The molecule has 116 valence electrons. The summed E-state index contributed by atoms with van der Waals surface area (Å²) >= 11 is 13.8. The molecule has 3 heterocycles. The number of hydrogen-bond donors (Lipinski definition) is 0. The monoisotopic (exact) mass is 364 g/mol. The highest BCUT2D eigenvalue weighted by Gasteiger charge is 2.18. The molecule has 0 aliphatic rings. The Balaban J connectivity index is 1.90. The first-order chi connectivity index (χ1) is 11.0. The smallest absolute Gasteiger partial charge is 0.235 e.